The molecular formula is C31H28ClN3O6. The Labute approximate surface area is 241 Å². The van der Waals surface area contributed by atoms with Crippen molar-refractivity contribution < 1.29 is 28.6 Å². The number of hydrogen-bond donors (Lipinski definition) is 2. The lowest BCUT2D eigenvalue weighted by Crippen LogP contribution is -2.62. The molecule has 210 valence electrons. The molecule has 3 aromatic rings. The molecule has 0 radical (unpaired) electrons. The average molecular weight is 574 g/mol. The molecule has 0 aliphatic carbocycles. The highest BCUT2D eigenvalue weighted by Crippen LogP contribution is 2.68. The second-order valence-electron chi connectivity index (χ2n) is 10.8. The van der Waals surface area contributed by atoms with Gasteiger partial charge in [0.15, 0.2) is 17.3 Å². The summed E-state index contributed by atoms with van der Waals surface area (Å²) < 4.78 is 16.6. The molecule has 3 aromatic carbocycles. The lowest BCUT2D eigenvalue weighted by molar-refractivity contribution is -0.137. The summed E-state index contributed by atoms with van der Waals surface area (Å²) in [6.07, 6.45) is 1.41. The van der Waals surface area contributed by atoms with Gasteiger partial charge in [-0.3, -0.25) is 19.3 Å². The number of carbonyl (C=O) groups is 3. The highest BCUT2D eigenvalue weighted by atomic mass is 35.5. The maximum atomic E-state index is 15.0. The van der Waals surface area contributed by atoms with Crippen molar-refractivity contribution in [2.24, 2.45) is 5.92 Å². The van der Waals surface area contributed by atoms with Gasteiger partial charge in [0.1, 0.15) is 11.0 Å². The number of methoxy groups -OCH3 is 3. The number of nitrogens with zero attached hydrogens (tertiary/aromatic N) is 1. The molecule has 10 heteroatoms. The predicted molar refractivity (Wildman–Crippen MR) is 152 cm³/mol. The summed E-state index contributed by atoms with van der Waals surface area (Å²) in [5.41, 5.74) is -0.374. The van der Waals surface area contributed by atoms with Crippen molar-refractivity contribution in [3.05, 3.63) is 76.3 Å². The van der Waals surface area contributed by atoms with Crippen LogP contribution < -0.4 is 24.8 Å². The Hall–Kier alpha value is -4.08. The first-order valence-electron chi connectivity index (χ1n) is 13.5. The molecular weight excluding hydrogens is 546 g/mol. The Bertz CT molecular complexity index is 1630. The van der Waals surface area contributed by atoms with Gasteiger partial charge in [-0.05, 0) is 61.3 Å². The van der Waals surface area contributed by atoms with Gasteiger partial charge >= 0.3 is 0 Å². The van der Waals surface area contributed by atoms with Gasteiger partial charge in [-0.15, -0.1) is 0 Å². The summed E-state index contributed by atoms with van der Waals surface area (Å²) >= 11 is 6.53. The molecule has 4 aliphatic heterocycles. The van der Waals surface area contributed by atoms with Crippen molar-refractivity contribution in [1.82, 2.24) is 4.90 Å². The van der Waals surface area contributed by atoms with E-state index in [4.69, 9.17) is 25.8 Å². The van der Waals surface area contributed by atoms with E-state index in [2.05, 4.69) is 15.5 Å². The maximum absolute atomic E-state index is 15.0. The molecule has 2 fully saturated rings. The Morgan fingerprint density at radius 3 is 2.29 bits per heavy atom. The Balaban J connectivity index is 1.55. The zero-order valence-electron chi connectivity index (χ0n) is 22.7. The van der Waals surface area contributed by atoms with E-state index in [1.165, 1.54) is 21.3 Å². The van der Waals surface area contributed by atoms with Gasteiger partial charge in [-0.1, -0.05) is 29.8 Å². The van der Waals surface area contributed by atoms with Crippen LogP contribution in [0.15, 0.2) is 54.6 Å². The van der Waals surface area contributed by atoms with Crippen molar-refractivity contribution in [3.63, 3.8) is 0 Å². The topological polar surface area (TPSA) is 106 Å². The minimum absolute atomic E-state index is 0.284. The van der Waals surface area contributed by atoms with Crippen LogP contribution in [0.1, 0.15) is 34.3 Å². The Kier molecular flexibility index (Phi) is 5.65. The number of hydrogen-bond acceptors (Lipinski definition) is 7. The average Bonchev–Trinajstić information content (AvgIpc) is 3.70. The predicted octanol–water partition coefficient (Wildman–Crippen LogP) is 4.38. The molecule has 4 atom stereocenters. The third-order valence-electron chi connectivity index (χ3n) is 9.29. The van der Waals surface area contributed by atoms with E-state index in [9.17, 15) is 14.4 Å². The standard InChI is InChI=1S/C31H28ClN3O6/c1-39-23-13-16(14-24(40-2)27(23)41-3)26(36)25-22-9-6-12-35(22)31(19-15-17(32)10-11-21(19)34-29(31)38)30(25)18-7-4-5-8-20(18)33-28(30)37/h4-5,7-8,10-11,13-15,22,25H,6,9,12H2,1-3H3,(H,33,37)(H,34,38). The lowest BCUT2D eigenvalue weighted by Gasteiger charge is -2.43. The number of halogens is 1. The van der Waals surface area contributed by atoms with Crippen LogP contribution in [0.2, 0.25) is 5.02 Å². The summed E-state index contributed by atoms with van der Waals surface area (Å²) in [6, 6.07) is 15.4. The lowest BCUT2D eigenvalue weighted by atomic mass is 9.57. The van der Waals surface area contributed by atoms with Gasteiger partial charge < -0.3 is 24.8 Å². The van der Waals surface area contributed by atoms with Crippen molar-refractivity contribution in [2.45, 2.75) is 29.8 Å². The second-order valence-corrected chi connectivity index (χ2v) is 11.3. The first-order chi connectivity index (χ1) is 19.8. The third-order valence-corrected chi connectivity index (χ3v) is 9.53. The van der Waals surface area contributed by atoms with E-state index in [0.29, 0.717) is 63.3 Å². The summed E-state index contributed by atoms with van der Waals surface area (Å²) in [7, 11) is 4.47. The van der Waals surface area contributed by atoms with E-state index in [-0.39, 0.29) is 17.6 Å². The quantitative estimate of drug-likeness (QED) is 0.436. The van der Waals surface area contributed by atoms with Crippen LogP contribution in [-0.2, 0) is 20.5 Å². The smallest absolute Gasteiger partial charge is 0.251 e. The number of fused-ring (bicyclic) bond motifs is 7. The molecule has 4 aliphatic rings. The highest BCUT2D eigenvalue weighted by molar-refractivity contribution is 6.31. The highest BCUT2D eigenvalue weighted by Gasteiger charge is 2.81. The van der Waals surface area contributed by atoms with E-state index < -0.39 is 22.9 Å². The summed E-state index contributed by atoms with van der Waals surface area (Å²) in [4.78, 5) is 46.1. The first kappa shape index (κ1) is 25.9. The third kappa shape index (κ3) is 3.02. The molecule has 41 heavy (non-hydrogen) atoms. The molecule has 9 nitrogen and oxygen atoms in total. The fourth-order valence-corrected chi connectivity index (χ4v) is 8.13. The molecule has 7 rings (SSSR count). The zero-order valence-corrected chi connectivity index (χ0v) is 23.5. The molecule has 2 N–H and O–H groups in total. The summed E-state index contributed by atoms with van der Waals surface area (Å²) in [5, 5.41) is 6.51. The van der Waals surface area contributed by atoms with Gasteiger partial charge in [0, 0.05) is 33.6 Å². The summed E-state index contributed by atoms with van der Waals surface area (Å²) in [5.74, 6) is -0.912. The van der Waals surface area contributed by atoms with Gasteiger partial charge in [-0.2, -0.15) is 0 Å². The Morgan fingerprint density at radius 2 is 1.59 bits per heavy atom. The maximum Gasteiger partial charge on any atom is 0.251 e. The number of carbonyl (C=O) groups excluding carboxylic acids is 3. The molecule has 4 heterocycles. The number of rotatable bonds is 5. The van der Waals surface area contributed by atoms with Crippen LogP contribution in [-0.4, -0.2) is 56.4 Å². The minimum Gasteiger partial charge on any atom is -0.493 e. The number of ketones is 1. The molecule has 0 saturated carbocycles. The fourth-order valence-electron chi connectivity index (χ4n) is 7.95. The van der Waals surface area contributed by atoms with E-state index in [1.54, 1.807) is 30.3 Å². The summed E-state index contributed by atoms with van der Waals surface area (Å²) in [6.45, 7) is 0.542. The second kappa shape index (κ2) is 8.96. The van der Waals surface area contributed by atoms with Gasteiger partial charge in [0.25, 0.3) is 5.91 Å². The molecule has 0 aromatic heterocycles. The zero-order chi connectivity index (χ0) is 28.7. The molecule has 2 amide bonds. The molecule has 4 unspecified atom stereocenters. The largest absolute Gasteiger partial charge is 0.493 e. The van der Waals surface area contributed by atoms with Gasteiger partial charge in [0.2, 0.25) is 11.7 Å². The normalized spacial score (nSPS) is 27.4. The van der Waals surface area contributed by atoms with Gasteiger partial charge in [0.05, 0.1) is 27.2 Å². The number of nitrogens with one attached hydrogen (secondary N) is 2. The number of para-hydroxylation sites is 1. The SMILES string of the molecule is COc1cc(C(=O)C2C3CCCN3C3(C(=O)Nc4ccc(Cl)cc43)C23C(=O)Nc2ccccc23)cc(OC)c1OC. The first-order valence-corrected chi connectivity index (χ1v) is 13.9. The fraction of sp³-hybridized carbons (Fsp3) is 0.323. The van der Waals surface area contributed by atoms with Crippen LogP contribution >= 0.6 is 11.6 Å². The Morgan fingerprint density at radius 1 is 0.902 bits per heavy atom. The monoisotopic (exact) mass is 573 g/mol. The van der Waals surface area contributed by atoms with Gasteiger partial charge in [-0.25, -0.2) is 0 Å². The number of Topliss-reactive ketones (excluding diaryl/α,β-unsaturated/α-hetero) is 1. The number of amides is 2. The molecule has 0 bridgehead atoms. The van der Waals surface area contributed by atoms with E-state index in [1.807, 2.05) is 24.3 Å². The molecule has 2 spiro atoms. The van der Waals surface area contributed by atoms with Crippen LogP contribution in [0, 0.1) is 5.92 Å². The number of benzene rings is 3. The number of ether oxygens (including phenoxy) is 3. The molecule has 2 saturated heterocycles. The van der Waals surface area contributed by atoms with Crippen molar-refractivity contribution in [1.29, 1.82) is 0 Å². The van der Waals surface area contributed by atoms with Crippen LogP contribution in [0.25, 0.3) is 0 Å². The van der Waals surface area contributed by atoms with Crippen LogP contribution in [0.3, 0.4) is 0 Å². The number of anilines is 2. The van der Waals surface area contributed by atoms with Crippen molar-refractivity contribution in [3.8, 4) is 17.2 Å². The van der Waals surface area contributed by atoms with Crippen LogP contribution in [0.4, 0.5) is 11.4 Å². The van der Waals surface area contributed by atoms with E-state index in [0.717, 1.165) is 6.42 Å². The van der Waals surface area contributed by atoms with E-state index >= 15 is 0 Å². The van der Waals surface area contributed by atoms with Crippen molar-refractivity contribution in [2.75, 3.05) is 38.5 Å². The minimum atomic E-state index is -1.58. The van der Waals surface area contributed by atoms with Crippen LogP contribution in [0.5, 0.6) is 17.2 Å². The van der Waals surface area contributed by atoms with Crippen molar-refractivity contribution >= 4 is 40.6 Å².